The van der Waals surface area contributed by atoms with E-state index in [-0.39, 0.29) is 6.04 Å². The molecule has 2 aromatic rings. The largest absolute Gasteiger partial charge is 0.493 e. The van der Waals surface area contributed by atoms with Crippen molar-refractivity contribution in [3.05, 3.63) is 59.2 Å². The van der Waals surface area contributed by atoms with E-state index in [9.17, 15) is 14.7 Å². The van der Waals surface area contributed by atoms with Crippen LogP contribution in [-0.2, 0) is 16.1 Å². The van der Waals surface area contributed by atoms with Crippen LogP contribution in [-0.4, -0.2) is 53.9 Å². The van der Waals surface area contributed by atoms with Crippen LogP contribution >= 0.6 is 0 Å². The van der Waals surface area contributed by atoms with Crippen LogP contribution in [0.25, 0.3) is 0 Å². The van der Waals surface area contributed by atoms with E-state index >= 15 is 0 Å². The molecule has 2 aliphatic carbocycles. The summed E-state index contributed by atoms with van der Waals surface area (Å²) in [6.07, 6.45) is 3.08. The molecule has 8 heteroatoms. The van der Waals surface area contributed by atoms with Crippen molar-refractivity contribution >= 4 is 12.0 Å². The molecule has 2 N–H and O–H groups in total. The number of hydrogen-bond donors (Lipinski definition) is 2. The van der Waals surface area contributed by atoms with E-state index in [2.05, 4.69) is 5.32 Å². The van der Waals surface area contributed by atoms with Crippen LogP contribution in [0.2, 0.25) is 0 Å². The van der Waals surface area contributed by atoms with Gasteiger partial charge in [-0.3, -0.25) is 0 Å². The van der Waals surface area contributed by atoms with Crippen molar-refractivity contribution in [3.8, 4) is 11.5 Å². The summed E-state index contributed by atoms with van der Waals surface area (Å²) in [6.45, 7) is 7.95. The molecule has 2 fully saturated rings. The number of carboxylic acid groups (broad SMARTS) is 1. The number of rotatable bonds is 14. The number of carboxylic acids is 1. The molecule has 0 bridgehead atoms. The Hall–Kier alpha value is -3.26. The van der Waals surface area contributed by atoms with Gasteiger partial charge in [0.25, 0.3) is 0 Å². The lowest BCUT2D eigenvalue weighted by Crippen LogP contribution is -2.51. The first kappa shape index (κ1) is 26.8. The van der Waals surface area contributed by atoms with Gasteiger partial charge in [0.15, 0.2) is 0 Å². The quantitative estimate of drug-likeness (QED) is 0.336. The van der Waals surface area contributed by atoms with Crippen molar-refractivity contribution in [1.29, 1.82) is 0 Å². The summed E-state index contributed by atoms with van der Waals surface area (Å²) in [7, 11) is 0. The second-order valence-corrected chi connectivity index (χ2v) is 9.80. The second-order valence-electron chi connectivity index (χ2n) is 9.80. The number of urea groups is 1. The van der Waals surface area contributed by atoms with Crippen LogP contribution in [0.4, 0.5) is 4.79 Å². The molecule has 4 rings (SSSR count). The maximum Gasteiger partial charge on any atom is 0.329 e. The zero-order chi connectivity index (χ0) is 26.4. The Balaban J connectivity index is 1.56. The average Bonchev–Trinajstić information content (AvgIpc) is 3.81. The van der Waals surface area contributed by atoms with Crippen LogP contribution in [0, 0.1) is 0 Å². The van der Waals surface area contributed by atoms with Crippen LogP contribution in [0.3, 0.4) is 0 Å². The molecule has 2 aliphatic rings. The molecule has 0 radical (unpaired) electrons. The maximum atomic E-state index is 13.4. The molecule has 200 valence electrons. The molecule has 2 amide bonds. The lowest BCUT2D eigenvalue weighted by Gasteiger charge is -2.32. The van der Waals surface area contributed by atoms with E-state index in [0.717, 1.165) is 41.0 Å². The van der Waals surface area contributed by atoms with Crippen LogP contribution < -0.4 is 14.8 Å². The van der Waals surface area contributed by atoms with Gasteiger partial charge in [0.2, 0.25) is 0 Å². The lowest BCUT2D eigenvalue weighted by atomic mass is 10.00. The van der Waals surface area contributed by atoms with Crippen LogP contribution in [0.5, 0.6) is 11.5 Å². The molecule has 0 spiro atoms. The highest BCUT2D eigenvalue weighted by Gasteiger charge is 2.52. The summed E-state index contributed by atoms with van der Waals surface area (Å²) in [5, 5.41) is 12.4. The third-order valence-corrected chi connectivity index (χ3v) is 7.02. The van der Waals surface area contributed by atoms with Gasteiger partial charge in [-0.05, 0) is 75.6 Å². The Morgan fingerprint density at radius 2 is 1.70 bits per heavy atom. The first-order valence-corrected chi connectivity index (χ1v) is 13.3. The molecule has 2 saturated carbocycles. The van der Waals surface area contributed by atoms with E-state index in [1.54, 1.807) is 4.90 Å². The number of aliphatic carboxylic acids is 1. The smallest absolute Gasteiger partial charge is 0.329 e. The zero-order valence-electron chi connectivity index (χ0n) is 22.0. The van der Waals surface area contributed by atoms with Gasteiger partial charge >= 0.3 is 12.0 Å². The molecule has 0 saturated heterocycles. The Morgan fingerprint density at radius 3 is 2.22 bits per heavy atom. The molecule has 0 heterocycles. The van der Waals surface area contributed by atoms with Crippen molar-refractivity contribution in [3.63, 3.8) is 0 Å². The Kier molecular flexibility index (Phi) is 8.59. The van der Waals surface area contributed by atoms with Gasteiger partial charge < -0.3 is 29.5 Å². The number of amides is 2. The first-order chi connectivity index (χ1) is 17.9. The molecule has 8 nitrogen and oxygen atoms in total. The fourth-order valence-electron chi connectivity index (χ4n) is 4.56. The van der Waals surface area contributed by atoms with E-state index in [4.69, 9.17) is 14.2 Å². The standard InChI is InChI=1S/C29H38N2O6/c1-4-36-24-17-23(18-25(37-5-2)26(24)22-11-12-22)20(3)31(28(34)30-29(13-14-29)27(32)33)15-16-35-19-21-9-7-6-8-10-21/h6-10,17-18,20,22H,4-5,11-16,19H2,1-3H3,(H,30,34)(H,32,33). The van der Waals surface area contributed by atoms with Gasteiger partial charge in [-0.15, -0.1) is 0 Å². The molecule has 0 aliphatic heterocycles. The summed E-state index contributed by atoms with van der Waals surface area (Å²) < 4.78 is 17.9. The molecule has 0 aromatic heterocycles. The predicted molar refractivity (Wildman–Crippen MR) is 140 cm³/mol. The van der Waals surface area contributed by atoms with Crippen molar-refractivity contribution in [2.24, 2.45) is 0 Å². The third-order valence-electron chi connectivity index (χ3n) is 7.02. The summed E-state index contributed by atoms with van der Waals surface area (Å²) in [5.74, 6) is 1.02. The Bertz CT molecular complexity index is 1050. The summed E-state index contributed by atoms with van der Waals surface area (Å²) in [6, 6.07) is 13.1. The minimum absolute atomic E-state index is 0.299. The summed E-state index contributed by atoms with van der Waals surface area (Å²) in [5.41, 5.74) is 1.84. The lowest BCUT2D eigenvalue weighted by molar-refractivity contribution is -0.140. The SMILES string of the molecule is CCOc1cc(C(C)N(CCOCc2ccccc2)C(=O)NC2(C(=O)O)CC2)cc(OCC)c1C1CC1. The third kappa shape index (κ3) is 6.55. The highest BCUT2D eigenvalue weighted by atomic mass is 16.5. The van der Waals surface area contributed by atoms with E-state index < -0.39 is 17.5 Å². The highest BCUT2D eigenvalue weighted by Crippen LogP contribution is 2.50. The second kappa shape index (κ2) is 11.9. The summed E-state index contributed by atoms with van der Waals surface area (Å²) >= 11 is 0. The minimum Gasteiger partial charge on any atom is -0.493 e. The topological polar surface area (TPSA) is 97.3 Å². The van der Waals surface area contributed by atoms with Gasteiger partial charge in [-0.25, -0.2) is 9.59 Å². The number of nitrogens with zero attached hydrogens (tertiary/aromatic N) is 1. The molecular formula is C29H38N2O6. The van der Waals surface area contributed by atoms with Gasteiger partial charge in [0, 0.05) is 12.1 Å². The fraction of sp³-hybridized carbons (Fsp3) is 0.517. The van der Waals surface area contributed by atoms with Gasteiger partial charge in [0.1, 0.15) is 17.0 Å². The molecular weight excluding hydrogens is 472 g/mol. The van der Waals surface area contributed by atoms with Crippen molar-refractivity contribution < 1.29 is 28.9 Å². The van der Waals surface area contributed by atoms with E-state index in [1.807, 2.05) is 63.2 Å². The van der Waals surface area contributed by atoms with Crippen molar-refractivity contribution in [1.82, 2.24) is 10.2 Å². The molecule has 1 unspecified atom stereocenters. The fourth-order valence-corrected chi connectivity index (χ4v) is 4.56. The van der Waals surface area contributed by atoms with Gasteiger partial charge in [0.05, 0.1) is 32.5 Å². The normalized spacial score (nSPS) is 16.5. The van der Waals surface area contributed by atoms with Crippen LogP contribution in [0.15, 0.2) is 42.5 Å². The van der Waals surface area contributed by atoms with Crippen molar-refractivity contribution in [2.75, 3.05) is 26.4 Å². The first-order valence-electron chi connectivity index (χ1n) is 13.3. The number of carbonyl (C=O) groups is 2. The Labute approximate surface area is 218 Å². The van der Waals surface area contributed by atoms with E-state index in [1.165, 1.54) is 0 Å². The predicted octanol–water partition coefficient (Wildman–Crippen LogP) is 5.27. The van der Waals surface area contributed by atoms with Crippen molar-refractivity contribution in [2.45, 2.75) is 70.6 Å². The average molecular weight is 511 g/mol. The molecule has 2 aromatic carbocycles. The highest BCUT2D eigenvalue weighted by molar-refractivity contribution is 5.89. The number of ether oxygens (including phenoxy) is 3. The molecule has 37 heavy (non-hydrogen) atoms. The number of carbonyl (C=O) groups excluding carboxylic acids is 1. The number of hydrogen-bond acceptors (Lipinski definition) is 5. The molecule has 1 atom stereocenters. The van der Waals surface area contributed by atoms with Gasteiger partial charge in [-0.1, -0.05) is 30.3 Å². The minimum atomic E-state index is -1.18. The Morgan fingerprint density at radius 1 is 1.08 bits per heavy atom. The van der Waals surface area contributed by atoms with Crippen LogP contribution in [0.1, 0.15) is 75.1 Å². The number of nitrogens with one attached hydrogen (secondary N) is 1. The zero-order valence-corrected chi connectivity index (χ0v) is 22.0. The monoisotopic (exact) mass is 510 g/mol. The van der Waals surface area contributed by atoms with E-state index in [0.29, 0.717) is 51.7 Å². The maximum absolute atomic E-state index is 13.4. The van der Waals surface area contributed by atoms with Gasteiger partial charge in [-0.2, -0.15) is 0 Å². The summed E-state index contributed by atoms with van der Waals surface area (Å²) in [4.78, 5) is 26.8. The number of benzene rings is 2.